The van der Waals surface area contributed by atoms with Crippen LogP contribution >= 0.6 is 0 Å². The highest BCUT2D eigenvalue weighted by Gasteiger charge is 2.09. The second-order valence-corrected chi connectivity index (χ2v) is 6.74. The Hall–Kier alpha value is -2.69. The number of hydrogen-bond donors (Lipinski definition) is 2. The van der Waals surface area contributed by atoms with Crippen LogP contribution in [0.25, 0.3) is 0 Å². The molecule has 0 aliphatic heterocycles. The second-order valence-electron chi connectivity index (χ2n) is 6.74. The number of anilines is 2. The highest BCUT2D eigenvalue weighted by atomic mass is 16.5. The van der Waals surface area contributed by atoms with Crippen LogP contribution in [0.15, 0.2) is 30.3 Å². The average Bonchev–Trinajstić information content (AvgIpc) is 2.64. The van der Waals surface area contributed by atoms with Crippen molar-refractivity contribution in [1.82, 2.24) is 5.32 Å². The van der Waals surface area contributed by atoms with E-state index >= 15 is 0 Å². The fourth-order valence-electron chi connectivity index (χ4n) is 3.06. The maximum Gasteiger partial charge on any atom is 0.321 e. The van der Waals surface area contributed by atoms with Crippen LogP contribution in [0, 0.1) is 27.7 Å². The third-order valence-corrected chi connectivity index (χ3v) is 4.91. The fourth-order valence-corrected chi connectivity index (χ4v) is 3.06. The number of urea groups is 1. The molecule has 146 valence electrons. The highest BCUT2D eigenvalue weighted by Crippen LogP contribution is 2.25. The molecule has 0 bridgehead atoms. The van der Waals surface area contributed by atoms with Gasteiger partial charge in [-0.1, -0.05) is 12.1 Å². The van der Waals surface area contributed by atoms with Crippen LogP contribution in [0.1, 0.15) is 36.1 Å². The molecule has 0 radical (unpaired) electrons. The maximum absolute atomic E-state index is 12.2. The van der Waals surface area contributed by atoms with E-state index in [2.05, 4.69) is 41.5 Å². The number of amides is 2. The number of carbonyl (C=O) groups excluding carboxylic acids is 1. The van der Waals surface area contributed by atoms with Crippen molar-refractivity contribution >= 4 is 17.4 Å². The highest BCUT2D eigenvalue weighted by molar-refractivity contribution is 5.90. The standard InChI is InChI=1S/C22H31N3O2/c1-7-25(8-2)19-11-12-20(17(5)13-19)24-22(26)23-14-27-21-16(4)10-9-15(3)18(21)6/h9-13H,7-8,14H2,1-6H3,(H2,23,24,26). The third-order valence-electron chi connectivity index (χ3n) is 4.91. The Bertz CT molecular complexity index is 798. The van der Waals surface area contributed by atoms with E-state index in [1.54, 1.807) is 0 Å². The van der Waals surface area contributed by atoms with Gasteiger partial charge in [0.05, 0.1) is 0 Å². The molecule has 0 aliphatic rings. The first kappa shape index (κ1) is 20.6. The van der Waals surface area contributed by atoms with Gasteiger partial charge in [0.25, 0.3) is 0 Å². The molecule has 5 heteroatoms. The van der Waals surface area contributed by atoms with Crippen LogP contribution in [-0.4, -0.2) is 25.9 Å². The Morgan fingerprint density at radius 3 is 2.26 bits per heavy atom. The van der Waals surface area contributed by atoms with E-state index in [1.165, 1.54) is 5.56 Å². The Balaban J connectivity index is 1.94. The molecule has 2 rings (SSSR count). The largest absolute Gasteiger partial charge is 0.473 e. The lowest BCUT2D eigenvalue weighted by molar-refractivity contribution is 0.234. The summed E-state index contributed by atoms with van der Waals surface area (Å²) in [5.74, 6) is 0.829. The molecule has 0 fully saturated rings. The van der Waals surface area contributed by atoms with Crippen LogP contribution in [0.5, 0.6) is 5.75 Å². The van der Waals surface area contributed by atoms with Crippen molar-refractivity contribution in [3.05, 3.63) is 52.6 Å². The zero-order valence-electron chi connectivity index (χ0n) is 17.3. The van der Waals surface area contributed by atoms with E-state index < -0.39 is 0 Å². The van der Waals surface area contributed by atoms with E-state index in [4.69, 9.17) is 4.74 Å². The molecular formula is C22H31N3O2. The topological polar surface area (TPSA) is 53.6 Å². The summed E-state index contributed by atoms with van der Waals surface area (Å²) < 4.78 is 5.79. The molecule has 2 amide bonds. The molecular weight excluding hydrogens is 338 g/mol. The minimum atomic E-state index is -0.281. The van der Waals surface area contributed by atoms with Crippen molar-refractivity contribution < 1.29 is 9.53 Å². The zero-order chi connectivity index (χ0) is 20.0. The van der Waals surface area contributed by atoms with Gasteiger partial charge in [-0.15, -0.1) is 0 Å². The molecule has 0 atom stereocenters. The summed E-state index contributed by atoms with van der Waals surface area (Å²) in [5, 5.41) is 5.65. The van der Waals surface area contributed by atoms with Crippen molar-refractivity contribution in [3.8, 4) is 5.75 Å². The summed E-state index contributed by atoms with van der Waals surface area (Å²) in [6.45, 7) is 14.4. The number of nitrogens with zero attached hydrogens (tertiary/aromatic N) is 1. The van der Waals surface area contributed by atoms with Gasteiger partial charge < -0.3 is 20.3 Å². The molecule has 0 heterocycles. The molecule has 2 N–H and O–H groups in total. The van der Waals surface area contributed by atoms with E-state index in [0.717, 1.165) is 46.9 Å². The maximum atomic E-state index is 12.2. The van der Waals surface area contributed by atoms with E-state index in [0.29, 0.717) is 0 Å². The van der Waals surface area contributed by atoms with Gasteiger partial charge in [0.2, 0.25) is 0 Å². The van der Waals surface area contributed by atoms with Crippen LogP contribution in [0.3, 0.4) is 0 Å². The lowest BCUT2D eigenvalue weighted by Gasteiger charge is -2.22. The van der Waals surface area contributed by atoms with E-state index in [-0.39, 0.29) is 12.8 Å². The minimum Gasteiger partial charge on any atom is -0.473 e. The zero-order valence-corrected chi connectivity index (χ0v) is 17.3. The molecule has 0 saturated heterocycles. The molecule has 2 aromatic carbocycles. The Labute approximate surface area is 162 Å². The summed E-state index contributed by atoms with van der Waals surface area (Å²) >= 11 is 0. The summed E-state index contributed by atoms with van der Waals surface area (Å²) in [6, 6.07) is 9.89. The number of carbonyl (C=O) groups is 1. The first-order valence-electron chi connectivity index (χ1n) is 9.47. The Morgan fingerprint density at radius 1 is 0.963 bits per heavy atom. The van der Waals surface area contributed by atoms with Crippen molar-refractivity contribution in [2.45, 2.75) is 41.5 Å². The predicted octanol–water partition coefficient (Wildman–Crippen LogP) is 4.92. The van der Waals surface area contributed by atoms with Crippen molar-refractivity contribution in [2.75, 3.05) is 30.0 Å². The lowest BCUT2D eigenvalue weighted by Crippen LogP contribution is -2.32. The normalized spacial score (nSPS) is 10.4. The monoisotopic (exact) mass is 369 g/mol. The molecule has 27 heavy (non-hydrogen) atoms. The van der Waals surface area contributed by atoms with Gasteiger partial charge in [0.1, 0.15) is 5.75 Å². The summed E-state index contributed by atoms with van der Waals surface area (Å²) in [5.41, 5.74) is 6.32. The summed E-state index contributed by atoms with van der Waals surface area (Å²) in [6.07, 6.45) is 0. The number of benzene rings is 2. The van der Waals surface area contributed by atoms with Gasteiger partial charge in [-0.3, -0.25) is 0 Å². The Kier molecular flexibility index (Phi) is 7.11. The van der Waals surface area contributed by atoms with E-state index in [1.807, 2.05) is 45.9 Å². The smallest absolute Gasteiger partial charge is 0.321 e. The second kappa shape index (κ2) is 9.31. The summed E-state index contributed by atoms with van der Waals surface area (Å²) in [7, 11) is 0. The van der Waals surface area contributed by atoms with E-state index in [9.17, 15) is 4.79 Å². The summed E-state index contributed by atoms with van der Waals surface area (Å²) in [4.78, 5) is 14.5. The molecule has 0 aliphatic carbocycles. The van der Waals surface area contributed by atoms with Crippen LogP contribution in [0.2, 0.25) is 0 Å². The lowest BCUT2D eigenvalue weighted by atomic mass is 10.1. The Morgan fingerprint density at radius 2 is 1.63 bits per heavy atom. The van der Waals surface area contributed by atoms with Gasteiger partial charge in [-0.25, -0.2) is 4.79 Å². The number of aryl methyl sites for hydroxylation is 3. The molecule has 5 nitrogen and oxygen atoms in total. The van der Waals surface area contributed by atoms with Crippen LogP contribution < -0.4 is 20.3 Å². The van der Waals surface area contributed by atoms with Gasteiger partial charge in [-0.05, 0) is 82.0 Å². The number of nitrogens with one attached hydrogen (secondary N) is 2. The first-order valence-corrected chi connectivity index (χ1v) is 9.47. The number of hydrogen-bond acceptors (Lipinski definition) is 3. The minimum absolute atomic E-state index is 0.119. The third kappa shape index (κ3) is 5.16. The first-order chi connectivity index (χ1) is 12.9. The van der Waals surface area contributed by atoms with Crippen LogP contribution in [0.4, 0.5) is 16.2 Å². The number of ether oxygens (including phenoxy) is 1. The quantitative estimate of drug-likeness (QED) is 0.681. The number of rotatable bonds is 7. The average molecular weight is 370 g/mol. The van der Waals surface area contributed by atoms with Crippen molar-refractivity contribution in [1.29, 1.82) is 0 Å². The predicted molar refractivity (Wildman–Crippen MR) is 113 cm³/mol. The fraction of sp³-hybridized carbons (Fsp3) is 0.409. The van der Waals surface area contributed by atoms with Gasteiger partial charge in [0.15, 0.2) is 6.73 Å². The molecule has 0 unspecified atom stereocenters. The SMILES string of the molecule is CCN(CC)c1ccc(NC(=O)NCOc2c(C)ccc(C)c2C)c(C)c1. The van der Waals surface area contributed by atoms with Gasteiger partial charge in [0, 0.05) is 24.5 Å². The molecule has 0 aromatic heterocycles. The molecule has 2 aromatic rings. The van der Waals surface area contributed by atoms with Gasteiger partial charge >= 0.3 is 6.03 Å². The molecule has 0 saturated carbocycles. The van der Waals surface area contributed by atoms with Crippen molar-refractivity contribution in [2.24, 2.45) is 0 Å². The molecule has 0 spiro atoms. The van der Waals surface area contributed by atoms with Gasteiger partial charge in [-0.2, -0.15) is 0 Å². The van der Waals surface area contributed by atoms with Crippen molar-refractivity contribution in [3.63, 3.8) is 0 Å². The van der Waals surface area contributed by atoms with Crippen LogP contribution in [-0.2, 0) is 0 Å².